The van der Waals surface area contributed by atoms with Crippen molar-refractivity contribution in [1.29, 1.82) is 0 Å². The largest absolute Gasteiger partial charge is 0.480 e. The van der Waals surface area contributed by atoms with E-state index in [0.717, 1.165) is 51.5 Å². The number of aliphatic hydroxyl groups is 1. The highest BCUT2D eigenvalue weighted by molar-refractivity contribution is 6.33. The number of benzene rings is 1. The molecule has 1 aromatic carbocycles. The van der Waals surface area contributed by atoms with Crippen molar-refractivity contribution >= 4 is 45.3 Å². The summed E-state index contributed by atoms with van der Waals surface area (Å²) in [4.78, 5) is 32.9. The van der Waals surface area contributed by atoms with Gasteiger partial charge in [0.05, 0.1) is 52.3 Å². The van der Waals surface area contributed by atoms with Crippen LogP contribution in [0.5, 0.6) is 11.9 Å². The number of piperidine rings is 2. The van der Waals surface area contributed by atoms with Crippen LogP contribution in [0.1, 0.15) is 57.4 Å². The predicted molar refractivity (Wildman–Crippen MR) is 201 cm³/mol. The zero-order valence-electron chi connectivity index (χ0n) is 31.3. The van der Waals surface area contributed by atoms with Crippen molar-refractivity contribution in [3.63, 3.8) is 0 Å². The van der Waals surface area contributed by atoms with Gasteiger partial charge in [0.15, 0.2) is 5.82 Å². The predicted octanol–water partition coefficient (Wildman–Crippen LogP) is 5.51. The van der Waals surface area contributed by atoms with Crippen LogP contribution in [0.15, 0.2) is 12.3 Å². The number of pyridine rings is 1. The summed E-state index contributed by atoms with van der Waals surface area (Å²) in [6, 6.07) is 2.49. The van der Waals surface area contributed by atoms with Crippen molar-refractivity contribution in [2.24, 2.45) is 5.41 Å². The van der Waals surface area contributed by atoms with E-state index in [9.17, 15) is 9.90 Å². The van der Waals surface area contributed by atoms with Gasteiger partial charge in [-0.2, -0.15) is 15.1 Å². The standard InChI is InChI=1S/C38H48ClFN8O6/c1-22-25(39)17-26-24(18-41-45-26)28(22)31-30(40)32-29(34(42-31)51-3)33(47-15-16-53-20-37(2,50)19-47)44-35(43-32)54-21-38-10-5-7-27(38)48(12-6-11-38)23-8-13-46(14-9-23)36(49)52-4/h17-18,23,27,50H,5-16,19-21H2,1-4H3,(H,41,45)/t27-,37+,38-/m1/s1. The van der Waals surface area contributed by atoms with E-state index in [-0.39, 0.29) is 53.1 Å². The van der Waals surface area contributed by atoms with E-state index in [4.69, 9.17) is 45.5 Å². The maximum absolute atomic E-state index is 17.3. The van der Waals surface area contributed by atoms with E-state index in [2.05, 4.69) is 15.1 Å². The van der Waals surface area contributed by atoms with Crippen LogP contribution in [0.2, 0.25) is 5.02 Å². The van der Waals surface area contributed by atoms with Crippen LogP contribution in [0.4, 0.5) is 15.0 Å². The quantitative estimate of drug-likeness (QED) is 0.244. The monoisotopic (exact) mass is 766 g/mol. The summed E-state index contributed by atoms with van der Waals surface area (Å²) in [5.41, 5.74) is 0.428. The molecule has 3 aliphatic heterocycles. The zero-order valence-corrected chi connectivity index (χ0v) is 32.0. The van der Waals surface area contributed by atoms with Crippen molar-refractivity contribution in [2.45, 2.75) is 76.5 Å². The molecule has 290 valence electrons. The molecule has 14 nitrogen and oxygen atoms in total. The molecule has 4 fully saturated rings. The third-order valence-electron chi connectivity index (χ3n) is 12.0. The Bertz CT molecular complexity index is 2060. The minimum absolute atomic E-state index is 0.0132. The van der Waals surface area contributed by atoms with Gasteiger partial charge < -0.3 is 33.9 Å². The Morgan fingerprint density at radius 3 is 2.70 bits per heavy atom. The van der Waals surface area contributed by atoms with Gasteiger partial charge in [0.1, 0.15) is 28.0 Å². The highest BCUT2D eigenvalue weighted by atomic mass is 35.5. The van der Waals surface area contributed by atoms with Gasteiger partial charge in [0.25, 0.3) is 0 Å². The number of β-amino-alcohol motifs (C(OH)–C–C–N with tert-alkyl or cyclic N) is 1. The van der Waals surface area contributed by atoms with Crippen molar-refractivity contribution in [1.82, 2.24) is 34.9 Å². The minimum Gasteiger partial charge on any atom is -0.480 e. The lowest BCUT2D eigenvalue weighted by molar-refractivity contribution is -0.0352. The summed E-state index contributed by atoms with van der Waals surface area (Å²) in [5.74, 6) is -0.210. The number of H-pyrrole nitrogens is 1. The third-order valence-corrected chi connectivity index (χ3v) is 12.4. The molecule has 8 rings (SSSR count). The number of amides is 1. The second kappa shape index (κ2) is 14.5. The second-order valence-corrected chi connectivity index (χ2v) is 16.0. The molecule has 1 saturated carbocycles. The molecule has 0 radical (unpaired) electrons. The molecular weight excluding hydrogens is 719 g/mol. The van der Waals surface area contributed by atoms with Crippen LogP contribution in [-0.4, -0.2) is 131 Å². The van der Waals surface area contributed by atoms with E-state index in [1.807, 2.05) is 11.8 Å². The maximum atomic E-state index is 17.3. The second-order valence-electron chi connectivity index (χ2n) is 15.6. The molecule has 2 N–H and O–H groups in total. The number of aromatic nitrogens is 5. The average Bonchev–Trinajstić information content (AvgIpc) is 3.78. The van der Waals surface area contributed by atoms with E-state index in [0.29, 0.717) is 77.8 Å². The Balaban J connectivity index is 1.19. The Labute approximate surface area is 318 Å². The number of hydrogen-bond acceptors (Lipinski definition) is 12. The van der Waals surface area contributed by atoms with E-state index in [1.54, 1.807) is 24.1 Å². The van der Waals surface area contributed by atoms with Crippen LogP contribution >= 0.6 is 11.6 Å². The topological polar surface area (TPSA) is 151 Å². The van der Waals surface area contributed by atoms with Gasteiger partial charge in [-0.1, -0.05) is 18.0 Å². The summed E-state index contributed by atoms with van der Waals surface area (Å²) in [7, 11) is 2.91. The number of halogens is 2. The summed E-state index contributed by atoms with van der Waals surface area (Å²) in [5, 5.41) is 19.7. The lowest BCUT2D eigenvalue weighted by Gasteiger charge is -2.50. The normalized spacial score (nSPS) is 25.6. The van der Waals surface area contributed by atoms with Crippen molar-refractivity contribution in [3.05, 3.63) is 28.7 Å². The number of hydrogen-bond donors (Lipinski definition) is 2. The molecule has 0 spiro atoms. The first-order chi connectivity index (χ1) is 26.0. The Kier molecular flexibility index (Phi) is 9.94. The molecule has 3 saturated heterocycles. The first-order valence-corrected chi connectivity index (χ1v) is 19.2. The molecule has 1 aliphatic carbocycles. The van der Waals surface area contributed by atoms with Gasteiger partial charge >= 0.3 is 12.1 Å². The maximum Gasteiger partial charge on any atom is 0.409 e. The summed E-state index contributed by atoms with van der Waals surface area (Å²) in [6.07, 6.45) is 8.35. The number of carbonyl (C=O) groups excluding carboxylic acids is 1. The minimum atomic E-state index is -1.20. The molecule has 4 aromatic rings. The summed E-state index contributed by atoms with van der Waals surface area (Å²) in [6.45, 7) is 7.28. The number of aromatic amines is 1. The van der Waals surface area contributed by atoms with E-state index in [1.165, 1.54) is 14.2 Å². The number of ether oxygens (including phenoxy) is 4. The van der Waals surface area contributed by atoms with Gasteiger partial charge in [-0.15, -0.1) is 0 Å². The fourth-order valence-corrected chi connectivity index (χ4v) is 9.66. The van der Waals surface area contributed by atoms with Crippen LogP contribution in [-0.2, 0) is 9.47 Å². The number of fused-ring (bicyclic) bond motifs is 3. The molecule has 6 heterocycles. The van der Waals surface area contributed by atoms with Crippen LogP contribution in [0, 0.1) is 18.2 Å². The molecule has 4 aliphatic rings. The van der Waals surface area contributed by atoms with Gasteiger partial charge in [0.2, 0.25) is 5.88 Å². The van der Waals surface area contributed by atoms with Gasteiger partial charge in [-0.05, 0) is 70.5 Å². The first-order valence-electron chi connectivity index (χ1n) is 18.9. The van der Waals surface area contributed by atoms with Crippen molar-refractivity contribution in [3.8, 4) is 23.1 Å². The number of likely N-dealkylation sites (tertiary alicyclic amines) is 2. The number of anilines is 1. The molecular formula is C38H48ClFN8O6. The third kappa shape index (κ3) is 6.56. The zero-order chi connectivity index (χ0) is 37.8. The smallest absolute Gasteiger partial charge is 0.409 e. The summed E-state index contributed by atoms with van der Waals surface area (Å²) < 4.78 is 40.5. The molecule has 0 bridgehead atoms. The Morgan fingerprint density at radius 1 is 1.13 bits per heavy atom. The molecule has 1 amide bonds. The summed E-state index contributed by atoms with van der Waals surface area (Å²) >= 11 is 6.64. The van der Waals surface area contributed by atoms with Crippen molar-refractivity contribution < 1.29 is 33.2 Å². The number of nitrogens with zero attached hydrogens (tertiary/aromatic N) is 7. The number of methoxy groups -OCH3 is 2. The lowest BCUT2D eigenvalue weighted by atomic mass is 9.74. The van der Waals surface area contributed by atoms with Crippen molar-refractivity contribution in [2.75, 3.05) is 71.7 Å². The molecule has 3 atom stereocenters. The lowest BCUT2D eigenvalue weighted by Crippen LogP contribution is -2.57. The molecule has 3 aromatic heterocycles. The SMILES string of the molecule is COC(=O)N1CCC(N2CCC[C@@]3(COc4nc(N5CCOC[C@@](C)(O)C5)c5c(OC)nc(-c6c(C)c(Cl)cc7[nH]ncc67)c(F)c5n4)CCC[C@@H]23)CC1. The average molecular weight is 767 g/mol. The van der Waals surface area contributed by atoms with E-state index < -0.39 is 11.4 Å². The van der Waals surface area contributed by atoms with E-state index >= 15 is 4.39 Å². The fraction of sp³-hybridized carbons (Fsp3) is 0.605. The molecule has 54 heavy (non-hydrogen) atoms. The Hall–Kier alpha value is -4.05. The van der Waals surface area contributed by atoms with Crippen LogP contribution < -0.4 is 14.4 Å². The van der Waals surface area contributed by atoms with Gasteiger partial charge in [0, 0.05) is 53.1 Å². The van der Waals surface area contributed by atoms with Crippen LogP contribution in [0.3, 0.4) is 0 Å². The first kappa shape index (κ1) is 36.9. The van der Waals surface area contributed by atoms with Crippen LogP contribution in [0.25, 0.3) is 33.1 Å². The molecule has 0 unspecified atom stereocenters. The highest BCUT2D eigenvalue weighted by Gasteiger charge is 2.50. The number of rotatable bonds is 7. The van der Waals surface area contributed by atoms with Gasteiger partial charge in [-0.3, -0.25) is 10.00 Å². The molecule has 16 heteroatoms. The highest BCUT2D eigenvalue weighted by Crippen LogP contribution is 2.50. The Morgan fingerprint density at radius 2 is 1.93 bits per heavy atom. The van der Waals surface area contributed by atoms with Gasteiger partial charge in [-0.25, -0.2) is 14.2 Å². The number of carbonyl (C=O) groups is 1. The number of nitrogens with one attached hydrogen (secondary N) is 1. The fourth-order valence-electron chi connectivity index (χ4n) is 9.45.